The maximum Gasteiger partial charge on any atom is 0.228 e. The molecule has 8 nitrogen and oxygen atoms in total. The van der Waals surface area contributed by atoms with E-state index in [2.05, 4.69) is 30.7 Å². The van der Waals surface area contributed by atoms with E-state index >= 15 is 0 Å². The van der Waals surface area contributed by atoms with E-state index in [9.17, 15) is 0 Å². The topological polar surface area (TPSA) is 98.0 Å². The van der Waals surface area contributed by atoms with Crippen molar-refractivity contribution in [2.75, 3.05) is 30.8 Å². The third-order valence-corrected chi connectivity index (χ3v) is 2.46. The van der Waals surface area contributed by atoms with E-state index in [0.717, 1.165) is 18.2 Å². The van der Waals surface area contributed by atoms with Crippen LogP contribution in [0.5, 0.6) is 0 Å². The van der Waals surface area contributed by atoms with Crippen molar-refractivity contribution in [3.8, 4) is 0 Å². The van der Waals surface area contributed by atoms with Crippen LogP contribution in [0.2, 0.25) is 0 Å². The molecule has 0 aliphatic carbocycles. The number of rotatable bonds is 8. The lowest BCUT2D eigenvalue weighted by Gasteiger charge is -2.09. The lowest BCUT2D eigenvalue weighted by molar-refractivity contribution is 0.178. The first-order chi connectivity index (χ1) is 9.81. The molecule has 0 fully saturated rings. The Morgan fingerprint density at radius 1 is 1.25 bits per heavy atom. The van der Waals surface area contributed by atoms with Crippen LogP contribution in [0.4, 0.5) is 11.6 Å². The SMILES string of the molecule is CCNc1cc(NCCc2ncno2)nc(COC)n1. The van der Waals surface area contributed by atoms with Gasteiger partial charge in [-0.3, -0.25) is 0 Å². The molecule has 0 atom stereocenters. The van der Waals surface area contributed by atoms with Gasteiger partial charge in [-0.05, 0) is 6.92 Å². The van der Waals surface area contributed by atoms with Crippen LogP contribution >= 0.6 is 0 Å². The maximum absolute atomic E-state index is 5.07. The van der Waals surface area contributed by atoms with Gasteiger partial charge < -0.3 is 19.9 Å². The molecule has 20 heavy (non-hydrogen) atoms. The summed E-state index contributed by atoms with van der Waals surface area (Å²) in [5.74, 6) is 2.74. The molecule has 0 saturated heterocycles. The molecule has 0 amide bonds. The molecule has 2 N–H and O–H groups in total. The molecule has 0 saturated carbocycles. The zero-order valence-corrected chi connectivity index (χ0v) is 11.6. The molecular weight excluding hydrogens is 260 g/mol. The van der Waals surface area contributed by atoms with Gasteiger partial charge in [0.05, 0.1) is 0 Å². The second kappa shape index (κ2) is 7.39. The molecule has 0 aliphatic rings. The Morgan fingerprint density at radius 2 is 2.05 bits per heavy atom. The van der Waals surface area contributed by atoms with Crippen LogP contribution in [0.25, 0.3) is 0 Å². The summed E-state index contributed by atoms with van der Waals surface area (Å²) in [6, 6.07) is 1.86. The number of nitrogens with zero attached hydrogens (tertiary/aromatic N) is 4. The highest BCUT2D eigenvalue weighted by molar-refractivity contribution is 5.47. The molecule has 0 radical (unpaired) electrons. The largest absolute Gasteiger partial charge is 0.377 e. The number of anilines is 2. The van der Waals surface area contributed by atoms with E-state index in [0.29, 0.717) is 31.3 Å². The van der Waals surface area contributed by atoms with Gasteiger partial charge in [0.25, 0.3) is 0 Å². The van der Waals surface area contributed by atoms with E-state index in [4.69, 9.17) is 9.26 Å². The number of hydrogen-bond acceptors (Lipinski definition) is 8. The number of hydrogen-bond donors (Lipinski definition) is 2. The molecule has 2 heterocycles. The summed E-state index contributed by atoms with van der Waals surface area (Å²) in [4.78, 5) is 12.7. The predicted octanol–water partition coefficient (Wildman–Crippen LogP) is 1.09. The lowest BCUT2D eigenvalue weighted by atomic mass is 10.4. The Bertz CT molecular complexity index is 492. The number of ether oxygens (including phenoxy) is 1. The van der Waals surface area contributed by atoms with Crippen LogP contribution in [-0.2, 0) is 17.8 Å². The van der Waals surface area contributed by atoms with Crippen molar-refractivity contribution in [1.82, 2.24) is 20.1 Å². The van der Waals surface area contributed by atoms with Gasteiger partial charge in [0.1, 0.15) is 18.2 Å². The van der Waals surface area contributed by atoms with Crippen molar-refractivity contribution in [2.24, 2.45) is 0 Å². The second-order valence-electron chi connectivity index (χ2n) is 4.03. The molecule has 2 aromatic rings. The Kier molecular flexibility index (Phi) is 5.24. The fourth-order valence-electron chi connectivity index (χ4n) is 1.66. The Hall–Kier alpha value is -2.22. The highest BCUT2D eigenvalue weighted by Crippen LogP contribution is 2.12. The Labute approximate surface area is 117 Å². The van der Waals surface area contributed by atoms with Crippen LogP contribution in [0.15, 0.2) is 16.9 Å². The fraction of sp³-hybridized carbons (Fsp3) is 0.500. The standard InChI is InChI=1S/C12H18N6O2/c1-3-13-9-6-10(18-11(17-9)7-19-2)14-5-4-12-15-8-16-20-12/h6,8H,3-5,7H2,1-2H3,(H2,13,14,17,18). The molecule has 0 bridgehead atoms. The lowest BCUT2D eigenvalue weighted by Crippen LogP contribution is -2.11. The Morgan fingerprint density at radius 3 is 2.70 bits per heavy atom. The predicted molar refractivity (Wildman–Crippen MR) is 73.4 cm³/mol. The van der Waals surface area contributed by atoms with Gasteiger partial charge in [0, 0.05) is 32.7 Å². The summed E-state index contributed by atoms with van der Waals surface area (Å²) >= 11 is 0. The number of nitrogens with one attached hydrogen (secondary N) is 2. The van der Waals surface area contributed by atoms with Crippen LogP contribution < -0.4 is 10.6 Å². The van der Waals surface area contributed by atoms with Gasteiger partial charge >= 0.3 is 0 Å². The zero-order chi connectivity index (χ0) is 14.2. The summed E-state index contributed by atoms with van der Waals surface area (Å²) in [5, 5.41) is 9.93. The summed E-state index contributed by atoms with van der Waals surface area (Å²) in [6.07, 6.45) is 2.03. The summed E-state index contributed by atoms with van der Waals surface area (Å²) in [5.41, 5.74) is 0. The van der Waals surface area contributed by atoms with E-state index in [-0.39, 0.29) is 0 Å². The minimum absolute atomic E-state index is 0.373. The van der Waals surface area contributed by atoms with Gasteiger partial charge in [-0.25, -0.2) is 9.97 Å². The molecule has 0 aromatic carbocycles. The molecule has 2 aromatic heterocycles. The monoisotopic (exact) mass is 278 g/mol. The first-order valence-electron chi connectivity index (χ1n) is 6.42. The smallest absolute Gasteiger partial charge is 0.228 e. The molecule has 0 unspecified atom stereocenters. The average Bonchev–Trinajstić information content (AvgIpc) is 2.92. The second-order valence-corrected chi connectivity index (χ2v) is 4.03. The van der Waals surface area contributed by atoms with Crippen LogP contribution in [0, 0.1) is 0 Å². The van der Waals surface area contributed by atoms with Crippen molar-refractivity contribution >= 4 is 11.6 Å². The van der Waals surface area contributed by atoms with E-state index in [1.807, 2.05) is 13.0 Å². The van der Waals surface area contributed by atoms with Crippen molar-refractivity contribution in [3.63, 3.8) is 0 Å². The van der Waals surface area contributed by atoms with Crippen LogP contribution in [0.1, 0.15) is 18.6 Å². The van der Waals surface area contributed by atoms with Crippen molar-refractivity contribution in [1.29, 1.82) is 0 Å². The average molecular weight is 278 g/mol. The van der Waals surface area contributed by atoms with Crippen molar-refractivity contribution < 1.29 is 9.26 Å². The fourth-order valence-corrected chi connectivity index (χ4v) is 1.66. The van der Waals surface area contributed by atoms with Crippen molar-refractivity contribution in [3.05, 3.63) is 24.1 Å². The highest BCUT2D eigenvalue weighted by Gasteiger charge is 2.05. The zero-order valence-electron chi connectivity index (χ0n) is 11.6. The van der Waals surface area contributed by atoms with E-state index in [1.165, 1.54) is 6.33 Å². The van der Waals surface area contributed by atoms with Gasteiger partial charge in [-0.2, -0.15) is 4.98 Å². The Balaban J connectivity index is 1.97. The molecule has 0 aliphatic heterocycles. The third kappa shape index (κ3) is 4.16. The molecule has 0 spiro atoms. The quantitative estimate of drug-likeness (QED) is 0.740. The van der Waals surface area contributed by atoms with Gasteiger partial charge in [-0.1, -0.05) is 5.16 Å². The summed E-state index contributed by atoms with van der Waals surface area (Å²) < 4.78 is 10.00. The molecular formula is C12H18N6O2. The normalized spacial score (nSPS) is 10.5. The minimum atomic E-state index is 0.373. The maximum atomic E-state index is 5.07. The summed E-state index contributed by atoms with van der Waals surface area (Å²) in [7, 11) is 1.62. The van der Waals surface area contributed by atoms with Gasteiger partial charge in [-0.15, -0.1) is 0 Å². The highest BCUT2D eigenvalue weighted by atomic mass is 16.5. The number of methoxy groups -OCH3 is 1. The van der Waals surface area contributed by atoms with Crippen LogP contribution in [-0.4, -0.2) is 40.3 Å². The number of aromatic nitrogens is 4. The van der Waals surface area contributed by atoms with Crippen LogP contribution in [0.3, 0.4) is 0 Å². The summed E-state index contributed by atoms with van der Waals surface area (Å²) in [6.45, 7) is 3.83. The molecule has 108 valence electrons. The van der Waals surface area contributed by atoms with E-state index < -0.39 is 0 Å². The molecule has 8 heteroatoms. The first kappa shape index (κ1) is 14.2. The van der Waals surface area contributed by atoms with Gasteiger partial charge in [0.15, 0.2) is 12.2 Å². The first-order valence-corrected chi connectivity index (χ1v) is 6.42. The van der Waals surface area contributed by atoms with Gasteiger partial charge in [0.2, 0.25) is 5.89 Å². The minimum Gasteiger partial charge on any atom is -0.377 e. The van der Waals surface area contributed by atoms with Crippen molar-refractivity contribution in [2.45, 2.75) is 20.0 Å². The third-order valence-electron chi connectivity index (χ3n) is 2.46. The van der Waals surface area contributed by atoms with E-state index in [1.54, 1.807) is 7.11 Å². The molecule has 2 rings (SSSR count).